The van der Waals surface area contributed by atoms with Crippen molar-refractivity contribution < 1.29 is 9.90 Å². The van der Waals surface area contributed by atoms with Gasteiger partial charge in [-0.3, -0.25) is 4.79 Å². The van der Waals surface area contributed by atoms with Crippen molar-refractivity contribution in [3.63, 3.8) is 0 Å². The van der Waals surface area contributed by atoms with Crippen molar-refractivity contribution in [1.29, 1.82) is 0 Å². The van der Waals surface area contributed by atoms with E-state index < -0.39 is 0 Å². The highest BCUT2D eigenvalue weighted by molar-refractivity contribution is 6.12. The number of nitrogens with one attached hydrogen (secondary N) is 1. The van der Waals surface area contributed by atoms with Crippen molar-refractivity contribution in [3.05, 3.63) is 88.2 Å². The smallest absolute Gasteiger partial charge is 0.188 e. The highest BCUT2D eigenvalue weighted by Crippen LogP contribution is 2.28. The highest BCUT2D eigenvalue weighted by Gasteiger charge is 2.23. The molecular formula is C26H30N2O2. The first kappa shape index (κ1) is 21.6. The molecular weight excluding hydrogens is 372 g/mol. The fourth-order valence-electron chi connectivity index (χ4n) is 3.55. The van der Waals surface area contributed by atoms with Gasteiger partial charge in [0.1, 0.15) is 5.76 Å². The van der Waals surface area contributed by atoms with Crippen LogP contribution in [0.1, 0.15) is 36.0 Å². The molecule has 2 aromatic carbocycles. The van der Waals surface area contributed by atoms with Crippen LogP contribution in [-0.2, 0) is 11.3 Å². The van der Waals surface area contributed by atoms with Crippen molar-refractivity contribution in [2.45, 2.75) is 25.8 Å². The molecule has 0 heterocycles. The Kier molecular flexibility index (Phi) is 7.26. The van der Waals surface area contributed by atoms with Gasteiger partial charge in [-0.05, 0) is 67.3 Å². The van der Waals surface area contributed by atoms with Gasteiger partial charge in [-0.15, -0.1) is 0 Å². The summed E-state index contributed by atoms with van der Waals surface area (Å²) in [6, 6.07) is 16.2. The van der Waals surface area contributed by atoms with E-state index in [0.29, 0.717) is 12.0 Å². The maximum absolute atomic E-state index is 12.9. The largest absolute Gasteiger partial charge is 0.508 e. The van der Waals surface area contributed by atoms with Crippen molar-refractivity contribution in [2.75, 3.05) is 26.0 Å². The fraction of sp³-hybridized carbons (Fsp3) is 0.269. The Morgan fingerprint density at radius 2 is 1.70 bits per heavy atom. The third kappa shape index (κ3) is 5.49. The number of carbonyl (C=O) groups excluding carboxylic acids is 1. The monoisotopic (exact) mass is 402 g/mol. The lowest BCUT2D eigenvalue weighted by atomic mass is 9.87. The van der Waals surface area contributed by atoms with Crippen LogP contribution in [0, 0.1) is 0 Å². The van der Waals surface area contributed by atoms with Gasteiger partial charge in [0.15, 0.2) is 5.78 Å². The highest BCUT2D eigenvalue weighted by atomic mass is 16.3. The molecule has 0 unspecified atom stereocenters. The molecule has 0 amide bonds. The average molecular weight is 403 g/mol. The van der Waals surface area contributed by atoms with E-state index in [4.69, 9.17) is 0 Å². The van der Waals surface area contributed by atoms with Crippen LogP contribution in [0.4, 0.5) is 5.69 Å². The lowest BCUT2D eigenvalue weighted by Crippen LogP contribution is -2.14. The summed E-state index contributed by atoms with van der Waals surface area (Å²) in [7, 11) is 5.92. The van der Waals surface area contributed by atoms with E-state index in [2.05, 4.69) is 17.4 Å². The lowest BCUT2D eigenvalue weighted by molar-refractivity contribution is -0.113. The third-order valence-electron chi connectivity index (χ3n) is 5.29. The number of Topliss-reactive ketones (excluding diaryl/α,β-unsaturated/α-hetero) is 1. The van der Waals surface area contributed by atoms with Crippen LogP contribution in [0.3, 0.4) is 0 Å². The van der Waals surface area contributed by atoms with Gasteiger partial charge in [-0.25, -0.2) is 0 Å². The molecule has 1 aliphatic carbocycles. The summed E-state index contributed by atoms with van der Waals surface area (Å²) in [4.78, 5) is 15.0. The number of ketones is 1. The van der Waals surface area contributed by atoms with E-state index in [-0.39, 0.29) is 11.5 Å². The van der Waals surface area contributed by atoms with E-state index in [1.165, 1.54) is 5.56 Å². The Labute approximate surface area is 179 Å². The van der Waals surface area contributed by atoms with Crippen LogP contribution in [0.15, 0.2) is 71.5 Å². The van der Waals surface area contributed by atoms with Crippen molar-refractivity contribution in [3.8, 4) is 0 Å². The van der Waals surface area contributed by atoms with Crippen LogP contribution < -0.4 is 10.2 Å². The number of carbonyl (C=O) groups is 1. The van der Waals surface area contributed by atoms with Gasteiger partial charge in [0.25, 0.3) is 0 Å². The Hall–Kier alpha value is -3.11. The Bertz CT molecular complexity index is 965. The molecule has 3 rings (SSSR count). The summed E-state index contributed by atoms with van der Waals surface area (Å²) in [5.74, 6) is 0.0114. The number of aliphatic hydroxyl groups is 1. The molecule has 1 saturated carbocycles. The second kappa shape index (κ2) is 10.1. The normalized spacial score (nSPS) is 17.6. The van der Waals surface area contributed by atoms with Crippen LogP contribution in [0.5, 0.6) is 0 Å². The molecule has 156 valence electrons. The second-order valence-corrected chi connectivity index (χ2v) is 7.81. The first-order valence-corrected chi connectivity index (χ1v) is 10.3. The molecule has 2 aromatic rings. The topological polar surface area (TPSA) is 52.6 Å². The number of hydrogen-bond acceptors (Lipinski definition) is 4. The molecule has 1 aliphatic rings. The zero-order valence-electron chi connectivity index (χ0n) is 18.0. The quantitative estimate of drug-likeness (QED) is 0.519. The summed E-state index contributed by atoms with van der Waals surface area (Å²) in [6.07, 6.45) is 7.62. The van der Waals surface area contributed by atoms with Crippen LogP contribution in [0.25, 0.3) is 12.2 Å². The van der Waals surface area contributed by atoms with Gasteiger partial charge in [-0.2, -0.15) is 0 Å². The predicted octanol–water partition coefficient (Wildman–Crippen LogP) is 5.13. The molecule has 1 fully saturated rings. The van der Waals surface area contributed by atoms with Gasteiger partial charge in [-0.1, -0.05) is 42.5 Å². The molecule has 0 aromatic heterocycles. The predicted molar refractivity (Wildman–Crippen MR) is 125 cm³/mol. The van der Waals surface area contributed by atoms with Gasteiger partial charge in [0.05, 0.1) is 0 Å². The van der Waals surface area contributed by atoms with E-state index in [0.717, 1.165) is 41.8 Å². The standard InChI is InChI=1S/C26H30N2O2/c1-27-18-21-9-7-20(8-10-21)17-22-5-4-6-24(26(22)30)25(29)16-13-19-11-14-23(15-12-19)28(2)3/h7-17,27,29H,4-6,18H2,1-3H3/b16-13+,22-17+,25-24-. The van der Waals surface area contributed by atoms with Gasteiger partial charge < -0.3 is 15.3 Å². The molecule has 30 heavy (non-hydrogen) atoms. The van der Waals surface area contributed by atoms with Crippen molar-refractivity contribution >= 4 is 23.6 Å². The lowest BCUT2D eigenvalue weighted by Gasteiger charge is -2.17. The summed E-state index contributed by atoms with van der Waals surface area (Å²) < 4.78 is 0. The molecule has 0 spiro atoms. The Morgan fingerprint density at radius 3 is 2.33 bits per heavy atom. The van der Waals surface area contributed by atoms with Crippen LogP contribution >= 0.6 is 0 Å². The van der Waals surface area contributed by atoms with Gasteiger partial charge >= 0.3 is 0 Å². The molecule has 0 aliphatic heterocycles. The molecule has 2 N–H and O–H groups in total. The molecule has 0 bridgehead atoms. The second-order valence-electron chi connectivity index (χ2n) is 7.81. The first-order valence-electron chi connectivity index (χ1n) is 10.3. The van der Waals surface area contributed by atoms with E-state index in [1.807, 2.05) is 74.6 Å². The zero-order chi connectivity index (χ0) is 21.5. The average Bonchev–Trinajstić information content (AvgIpc) is 2.75. The molecule has 4 heteroatoms. The molecule has 0 atom stereocenters. The van der Waals surface area contributed by atoms with Crippen molar-refractivity contribution in [2.24, 2.45) is 0 Å². The number of nitrogens with zero attached hydrogens (tertiary/aromatic N) is 1. The number of allylic oxidation sites excluding steroid dienone is 3. The van der Waals surface area contributed by atoms with Crippen LogP contribution in [-0.4, -0.2) is 32.0 Å². The van der Waals surface area contributed by atoms with Gasteiger partial charge in [0.2, 0.25) is 0 Å². The van der Waals surface area contributed by atoms with E-state index >= 15 is 0 Å². The number of anilines is 1. The molecule has 0 radical (unpaired) electrons. The maximum atomic E-state index is 12.9. The minimum absolute atomic E-state index is 0.0503. The maximum Gasteiger partial charge on any atom is 0.188 e. The molecule has 0 saturated heterocycles. The SMILES string of the molecule is CNCc1ccc(/C=C2\CCC/C(=C(O)\C=C\c3ccc(N(C)C)cc3)C2=O)cc1. The summed E-state index contributed by atoms with van der Waals surface area (Å²) in [5, 5.41) is 13.7. The minimum Gasteiger partial charge on any atom is -0.508 e. The van der Waals surface area contributed by atoms with Crippen molar-refractivity contribution in [1.82, 2.24) is 5.32 Å². The summed E-state index contributed by atoms with van der Waals surface area (Å²) in [6.45, 7) is 0.820. The molecule has 4 nitrogen and oxygen atoms in total. The fourth-order valence-corrected chi connectivity index (χ4v) is 3.55. The summed E-state index contributed by atoms with van der Waals surface area (Å²) >= 11 is 0. The number of rotatable bonds is 6. The van der Waals surface area contributed by atoms with E-state index in [9.17, 15) is 9.90 Å². The summed E-state index contributed by atoms with van der Waals surface area (Å²) in [5.41, 5.74) is 5.57. The third-order valence-corrected chi connectivity index (χ3v) is 5.29. The minimum atomic E-state index is -0.0503. The van der Waals surface area contributed by atoms with Gasteiger partial charge in [0, 0.05) is 37.5 Å². The number of hydrogen-bond donors (Lipinski definition) is 2. The van der Waals surface area contributed by atoms with E-state index in [1.54, 1.807) is 6.08 Å². The van der Waals surface area contributed by atoms with Crippen LogP contribution in [0.2, 0.25) is 0 Å². The zero-order valence-corrected chi connectivity index (χ0v) is 18.0. The Morgan fingerprint density at radius 1 is 1.03 bits per heavy atom. The number of benzene rings is 2. The Balaban J connectivity index is 1.76. The number of aliphatic hydroxyl groups excluding tert-OH is 1. The first-order chi connectivity index (χ1) is 14.5.